The molecule has 6 nitrogen and oxygen atoms in total. The zero-order chi connectivity index (χ0) is 23.1. The van der Waals surface area contributed by atoms with Crippen LogP contribution in [0.1, 0.15) is 48.4 Å². The van der Waals surface area contributed by atoms with E-state index in [9.17, 15) is 9.59 Å². The van der Waals surface area contributed by atoms with Crippen LogP contribution in [-0.2, 0) is 0 Å². The number of nitrogens with zero attached hydrogens (tertiary/aromatic N) is 2. The molecule has 2 aromatic rings. The molecule has 0 aliphatic carbocycles. The summed E-state index contributed by atoms with van der Waals surface area (Å²) in [4.78, 5) is 29.5. The molecule has 6 heteroatoms. The molecule has 1 aliphatic heterocycles. The number of hydrogen-bond donors (Lipinski definition) is 0. The molecule has 1 aliphatic rings. The topological polar surface area (TPSA) is 59.1 Å². The lowest BCUT2D eigenvalue weighted by Crippen LogP contribution is -2.50. The lowest BCUT2D eigenvalue weighted by molar-refractivity contribution is 0.0535. The predicted octanol–water partition coefficient (Wildman–Crippen LogP) is 4.35. The molecule has 1 heterocycles. The van der Waals surface area contributed by atoms with E-state index in [0.717, 1.165) is 0 Å². The average molecular weight is 439 g/mol. The summed E-state index contributed by atoms with van der Waals surface area (Å²) < 4.78 is 11.5. The SMILES string of the molecule is CC(C)COc1cccc(C(=O)N2CCN(C(=O)c3cccc(OCC(C)C)c3)CC2)c1. The average Bonchev–Trinajstić information content (AvgIpc) is 2.81. The van der Waals surface area contributed by atoms with Gasteiger partial charge in [0.2, 0.25) is 0 Å². The highest BCUT2D eigenvalue weighted by atomic mass is 16.5. The molecule has 172 valence electrons. The maximum Gasteiger partial charge on any atom is 0.254 e. The van der Waals surface area contributed by atoms with Crippen molar-refractivity contribution in [3.63, 3.8) is 0 Å². The summed E-state index contributed by atoms with van der Waals surface area (Å²) in [7, 11) is 0. The molecule has 0 unspecified atom stereocenters. The van der Waals surface area contributed by atoms with Crippen molar-refractivity contribution in [2.75, 3.05) is 39.4 Å². The second-order valence-electron chi connectivity index (χ2n) is 9.05. The standard InChI is InChI=1S/C26H34N2O4/c1-19(2)17-31-23-9-5-7-21(15-23)25(29)27-11-13-28(14-12-27)26(30)22-8-6-10-24(16-22)32-18-20(3)4/h5-10,15-16,19-20H,11-14,17-18H2,1-4H3. The summed E-state index contributed by atoms with van der Waals surface area (Å²) in [6, 6.07) is 14.6. The van der Waals surface area contributed by atoms with Crippen molar-refractivity contribution in [1.82, 2.24) is 9.80 Å². The third kappa shape index (κ3) is 6.49. The minimum atomic E-state index is -0.0313. The maximum absolute atomic E-state index is 13.0. The van der Waals surface area contributed by atoms with Crippen LogP contribution < -0.4 is 9.47 Å². The Labute approximate surface area is 191 Å². The molecule has 0 aromatic heterocycles. The molecule has 1 fully saturated rings. The second-order valence-corrected chi connectivity index (χ2v) is 9.05. The van der Waals surface area contributed by atoms with Crippen LogP contribution in [0, 0.1) is 11.8 Å². The number of ether oxygens (including phenoxy) is 2. The Balaban J connectivity index is 1.57. The van der Waals surface area contributed by atoms with E-state index >= 15 is 0 Å². The summed E-state index contributed by atoms with van der Waals surface area (Å²) in [6.07, 6.45) is 0. The van der Waals surface area contributed by atoms with Crippen molar-refractivity contribution >= 4 is 11.8 Å². The van der Waals surface area contributed by atoms with Gasteiger partial charge in [0, 0.05) is 37.3 Å². The number of carbonyl (C=O) groups is 2. The summed E-state index contributed by atoms with van der Waals surface area (Å²) in [5.41, 5.74) is 1.22. The van der Waals surface area contributed by atoms with Crippen molar-refractivity contribution in [2.45, 2.75) is 27.7 Å². The van der Waals surface area contributed by atoms with E-state index in [2.05, 4.69) is 27.7 Å². The van der Waals surface area contributed by atoms with Crippen molar-refractivity contribution in [2.24, 2.45) is 11.8 Å². The van der Waals surface area contributed by atoms with E-state index in [4.69, 9.17) is 9.47 Å². The fourth-order valence-electron chi connectivity index (χ4n) is 3.44. The molecule has 0 N–H and O–H groups in total. The Morgan fingerprint density at radius 3 is 1.44 bits per heavy atom. The Morgan fingerprint density at radius 1 is 0.719 bits per heavy atom. The Hall–Kier alpha value is -3.02. The van der Waals surface area contributed by atoms with Gasteiger partial charge in [-0.05, 0) is 48.2 Å². The van der Waals surface area contributed by atoms with Gasteiger partial charge in [-0.25, -0.2) is 0 Å². The van der Waals surface area contributed by atoms with Crippen molar-refractivity contribution < 1.29 is 19.1 Å². The normalized spacial score (nSPS) is 14.1. The predicted molar refractivity (Wildman–Crippen MR) is 125 cm³/mol. The third-order valence-electron chi connectivity index (χ3n) is 5.18. The molecule has 0 atom stereocenters. The fourth-order valence-corrected chi connectivity index (χ4v) is 3.44. The molecule has 0 radical (unpaired) electrons. The van der Waals surface area contributed by atoms with Gasteiger partial charge in [0.25, 0.3) is 11.8 Å². The highest BCUT2D eigenvalue weighted by Crippen LogP contribution is 2.19. The fraction of sp³-hybridized carbons (Fsp3) is 0.462. The van der Waals surface area contributed by atoms with Gasteiger partial charge in [-0.15, -0.1) is 0 Å². The zero-order valence-electron chi connectivity index (χ0n) is 19.5. The van der Waals surface area contributed by atoms with Crippen LogP contribution in [0.4, 0.5) is 0 Å². The minimum Gasteiger partial charge on any atom is -0.493 e. The summed E-state index contributed by atoms with van der Waals surface area (Å²) in [5.74, 6) is 2.19. The van der Waals surface area contributed by atoms with Crippen LogP contribution >= 0.6 is 0 Å². The number of benzene rings is 2. The van der Waals surface area contributed by atoms with E-state index in [0.29, 0.717) is 73.9 Å². The molecule has 0 saturated carbocycles. The Morgan fingerprint density at radius 2 is 1.09 bits per heavy atom. The van der Waals surface area contributed by atoms with Gasteiger partial charge in [0.05, 0.1) is 13.2 Å². The van der Waals surface area contributed by atoms with E-state index in [1.807, 2.05) is 36.4 Å². The first-order chi connectivity index (χ1) is 15.3. The van der Waals surface area contributed by atoms with Crippen LogP contribution in [-0.4, -0.2) is 61.0 Å². The lowest BCUT2D eigenvalue weighted by Gasteiger charge is -2.35. The van der Waals surface area contributed by atoms with Crippen molar-refractivity contribution in [3.05, 3.63) is 59.7 Å². The highest BCUT2D eigenvalue weighted by molar-refractivity contribution is 5.96. The molecular formula is C26H34N2O4. The first-order valence-electron chi connectivity index (χ1n) is 11.4. The number of piperazine rings is 1. The Bertz CT molecular complexity index is 842. The van der Waals surface area contributed by atoms with Gasteiger partial charge >= 0.3 is 0 Å². The van der Waals surface area contributed by atoms with Crippen molar-refractivity contribution in [3.8, 4) is 11.5 Å². The highest BCUT2D eigenvalue weighted by Gasteiger charge is 2.26. The zero-order valence-corrected chi connectivity index (χ0v) is 19.5. The maximum atomic E-state index is 13.0. The van der Waals surface area contributed by atoms with Crippen molar-refractivity contribution in [1.29, 1.82) is 0 Å². The largest absolute Gasteiger partial charge is 0.493 e. The van der Waals surface area contributed by atoms with Gasteiger partial charge < -0.3 is 19.3 Å². The van der Waals surface area contributed by atoms with Gasteiger partial charge in [-0.3, -0.25) is 9.59 Å². The first-order valence-corrected chi connectivity index (χ1v) is 11.4. The molecule has 32 heavy (non-hydrogen) atoms. The van der Waals surface area contributed by atoms with E-state index in [-0.39, 0.29) is 11.8 Å². The molecule has 1 saturated heterocycles. The Kier molecular flexibility index (Phi) is 8.14. The van der Waals surface area contributed by atoms with Crippen LogP contribution in [0.2, 0.25) is 0 Å². The summed E-state index contributed by atoms with van der Waals surface area (Å²) in [6.45, 7) is 11.6. The van der Waals surface area contributed by atoms with Crippen LogP contribution in [0.5, 0.6) is 11.5 Å². The number of carbonyl (C=O) groups excluding carboxylic acids is 2. The summed E-state index contributed by atoms with van der Waals surface area (Å²) >= 11 is 0. The molecule has 0 spiro atoms. The quantitative estimate of drug-likeness (QED) is 0.615. The summed E-state index contributed by atoms with van der Waals surface area (Å²) in [5, 5.41) is 0. The molecule has 3 rings (SSSR count). The van der Waals surface area contributed by atoms with Gasteiger partial charge in [-0.2, -0.15) is 0 Å². The number of amides is 2. The molecule has 0 bridgehead atoms. The minimum absolute atomic E-state index is 0.0313. The smallest absolute Gasteiger partial charge is 0.254 e. The van der Waals surface area contributed by atoms with Crippen LogP contribution in [0.3, 0.4) is 0 Å². The van der Waals surface area contributed by atoms with Gasteiger partial charge in [-0.1, -0.05) is 39.8 Å². The number of rotatable bonds is 8. The second kappa shape index (κ2) is 11.0. The van der Waals surface area contributed by atoms with Gasteiger partial charge in [0.1, 0.15) is 11.5 Å². The van der Waals surface area contributed by atoms with E-state index in [1.54, 1.807) is 21.9 Å². The van der Waals surface area contributed by atoms with E-state index in [1.165, 1.54) is 0 Å². The molecular weight excluding hydrogens is 404 g/mol. The molecule has 2 amide bonds. The number of hydrogen-bond acceptors (Lipinski definition) is 4. The lowest BCUT2D eigenvalue weighted by atomic mass is 10.1. The van der Waals surface area contributed by atoms with E-state index < -0.39 is 0 Å². The first kappa shape index (κ1) is 23.6. The van der Waals surface area contributed by atoms with Crippen LogP contribution in [0.25, 0.3) is 0 Å². The van der Waals surface area contributed by atoms with Crippen LogP contribution in [0.15, 0.2) is 48.5 Å². The third-order valence-corrected chi connectivity index (χ3v) is 5.18. The monoisotopic (exact) mass is 438 g/mol. The molecule has 2 aromatic carbocycles. The van der Waals surface area contributed by atoms with Gasteiger partial charge in [0.15, 0.2) is 0 Å².